The van der Waals surface area contributed by atoms with Crippen LogP contribution in [0.5, 0.6) is 11.5 Å². The lowest BCUT2D eigenvalue weighted by atomic mass is 10.1. The number of rotatable bonds is 8. The van der Waals surface area contributed by atoms with E-state index in [1.54, 1.807) is 11.0 Å². The Morgan fingerprint density at radius 1 is 0.903 bits per heavy atom. The molecule has 0 radical (unpaired) electrons. The minimum absolute atomic E-state index is 0.0581. The topological polar surface area (TPSA) is 76.2 Å². The summed E-state index contributed by atoms with van der Waals surface area (Å²) in [5, 5.41) is 0. The van der Waals surface area contributed by atoms with E-state index in [0.717, 1.165) is 12.0 Å². The number of piperazine rings is 1. The van der Waals surface area contributed by atoms with Crippen LogP contribution in [0.15, 0.2) is 47.4 Å². The minimum Gasteiger partial charge on any atom is -0.493 e. The quantitative estimate of drug-likeness (QED) is 0.623. The van der Waals surface area contributed by atoms with Gasteiger partial charge in [-0.05, 0) is 36.1 Å². The zero-order valence-corrected chi connectivity index (χ0v) is 19.2. The fourth-order valence-corrected chi connectivity index (χ4v) is 5.09. The maximum absolute atomic E-state index is 13.0. The first-order valence-electron chi connectivity index (χ1n) is 10.5. The van der Waals surface area contributed by atoms with Crippen LogP contribution in [-0.4, -0.2) is 63.9 Å². The van der Waals surface area contributed by atoms with Gasteiger partial charge in [0, 0.05) is 38.7 Å². The molecular weight excluding hydrogens is 416 g/mol. The second kappa shape index (κ2) is 10.2. The summed E-state index contributed by atoms with van der Waals surface area (Å²) < 4.78 is 37.9. The van der Waals surface area contributed by atoms with Gasteiger partial charge < -0.3 is 14.4 Å². The van der Waals surface area contributed by atoms with Crippen LogP contribution < -0.4 is 9.47 Å². The van der Waals surface area contributed by atoms with Crippen LogP contribution in [0.4, 0.5) is 0 Å². The summed E-state index contributed by atoms with van der Waals surface area (Å²) in [6.45, 7) is 3.44. The molecule has 0 saturated carbocycles. The number of nitrogens with zero attached hydrogens (tertiary/aromatic N) is 2. The molecule has 0 unspecified atom stereocenters. The van der Waals surface area contributed by atoms with Crippen LogP contribution in [0.3, 0.4) is 0 Å². The molecule has 2 aromatic rings. The first-order valence-corrected chi connectivity index (χ1v) is 11.9. The molecule has 31 heavy (non-hydrogen) atoms. The van der Waals surface area contributed by atoms with Crippen molar-refractivity contribution in [1.82, 2.24) is 9.21 Å². The van der Waals surface area contributed by atoms with E-state index in [-0.39, 0.29) is 23.9 Å². The summed E-state index contributed by atoms with van der Waals surface area (Å²) in [4.78, 5) is 14.5. The second-order valence-corrected chi connectivity index (χ2v) is 9.41. The highest BCUT2D eigenvalue weighted by Gasteiger charge is 2.30. The Morgan fingerprint density at radius 3 is 2.10 bits per heavy atom. The smallest absolute Gasteiger partial charge is 0.243 e. The van der Waals surface area contributed by atoms with Gasteiger partial charge in [0.05, 0.1) is 19.1 Å². The molecule has 0 spiro atoms. The van der Waals surface area contributed by atoms with Crippen molar-refractivity contribution in [1.29, 1.82) is 0 Å². The van der Waals surface area contributed by atoms with Crippen molar-refractivity contribution in [3.8, 4) is 11.5 Å². The monoisotopic (exact) mass is 446 g/mol. The number of ether oxygens (including phenoxy) is 2. The van der Waals surface area contributed by atoms with Gasteiger partial charge in [-0.1, -0.05) is 31.2 Å². The van der Waals surface area contributed by atoms with E-state index in [0.29, 0.717) is 37.4 Å². The average Bonchev–Trinajstić information content (AvgIpc) is 2.82. The number of benzene rings is 2. The molecule has 2 aromatic carbocycles. The zero-order chi connectivity index (χ0) is 22.4. The zero-order valence-electron chi connectivity index (χ0n) is 18.3. The van der Waals surface area contributed by atoms with Gasteiger partial charge in [-0.3, -0.25) is 4.79 Å². The third-order valence-corrected chi connectivity index (χ3v) is 7.54. The summed E-state index contributed by atoms with van der Waals surface area (Å²) in [5.74, 6) is 0.897. The maximum Gasteiger partial charge on any atom is 0.243 e. The molecular formula is C23H30N2O5S. The van der Waals surface area contributed by atoms with Crippen molar-refractivity contribution in [2.45, 2.75) is 31.1 Å². The number of hydrogen-bond donors (Lipinski definition) is 0. The predicted molar refractivity (Wildman–Crippen MR) is 119 cm³/mol. The van der Waals surface area contributed by atoms with E-state index in [2.05, 4.69) is 31.2 Å². The van der Waals surface area contributed by atoms with Gasteiger partial charge >= 0.3 is 0 Å². The first-order chi connectivity index (χ1) is 14.9. The SMILES string of the molecule is CCc1ccc(CCC(=O)N2CCN(S(=O)(=O)c3ccc(OC)c(OC)c3)CC2)cc1. The van der Waals surface area contributed by atoms with E-state index in [4.69, 9.17) is 9.47 Å². The third-order valence-electron chi connectivity index (χ3n) is 5.64. The molecule has 1 fully saturated rings. The molecule has 1 aliphatic heterocycles. The molecule has 0 aliphatic carbocycles. The minimum atomic E-state index is -3.67. The van der Waals surface area contributed by atoms with Gasteiger partial charge in [0.25, 0.3) is 0 Å². The summed E-state index contributed by atoms with van der Waals surface area (Å²) in [6, 6.07) is 12.9. The van der Waals surface area contributed by atoms with Crippen molar-refractivity contribution in [2.24, 2.45) is 0 Å². The number of methoxy groups -OCH3 is 2. The van der Waals surface area contributed by atoms with Crippen molar-refractivity contribution in [2.75, 3.05) is 40.4 Å². The molecule has 3 rings (SSSR count). The Labute approximate surface area is 184 Å². The maximum atomic E-state index is 13.0. The van der Waals surface area contributed by atoms with Gasteiger partial charge in [-0.25, -0.2) is 8.42 Å². The Morgan fingerprint density at radius 2 is 1.52 bits per heavy atom. The molecule has 1 saturated heterocycles. The van der Waals surface area contributed by atoms with Crippen LogP contribution in [0.1, 0.15) is 24.5 Å². The molecule has 1 heterocycles. The lowest BCUT2D eigenvalue weighted by molar-refractivity contribution is -0.132. The molecule has 0 atom stereocenters. The molecule has 7 nitrogen and oxygen atoms in total. The average molecular weight is 447 g/mol. The number of carbonyl (C=O) groups is 1. The Kier molecular flexibility index (Phi) is 7.56. The first kappa shape index (κ1) is 23.1. The normalized spacial score (nSPS) is 15.0. The van der Waals surface area contributed by atoms with Crippen molar-refractivity contribution in [3.05, 3.63) is 53.6 Å². The summed E-state index contributed by atoms with van der Waals surface area (Å²) in [7, 11) is -0.699. The molecule has 0 N–H and O–H groups in total. The molecule has 1 amide bonds. The summed E-state index contributed by atoms with van der Waals surface area (Å²) >= 11 is 0. The fourth-order valence-electron chi connectivity index (χ4n) is 3.65. The van der Waals surface area contributed by atoms with Crippen LogP contribution in [-0.2, 0) is 27.7 Å². The molecule has 0 bridgehead atoms. The highest BCUT2D eigenvalue weighted by Crippen LogP contribution is 2.31. The number of carbonyl (C=O) groups excluding carboxylic acids is 1. The van der Waals surface area contributed by atoms with E-state index in [9.17, 15) is 13.2 Å². The van der Waals surface area contributed by atoms with Gasteiger partial charge in [0.1, 0.15) is 0 Å². The second-order valence-electron chi connectivity index (χ2n) is 7.47. The number of amides is 1. The van der Waals surface area contributed by atoms with Crippen molar-refractivity contribution in [3.63, 3.8) is 0 Å². The standard InChI is InChI=1S/C23H30N2O5S/c1-4-18-5-7-19(8-6-18)9-12-23(26)24-13-15-25(16-14-24)31(27,28)20-10-11-21(29-2)22(17-20)30-3/h5-8,10-11,17H,4,9,12-16H2,1-3H3. The molecule has 8 heteroatoms. The largest absolute Gasteiger partial charge is 0.493 e. The highest BCUT2D eigenvalue weighted by atomic mass is 32.2. The van der Waals surface area contributed by atoms with Crippen LogP contribution in [0, 0.1) is 0 Å². The number of sulfonamides is 1. The Hall–Kier alpha value is -2.58. The van der Waals surface area contributed by atoms with Crippen LogP contribution in [0.25, 0.3) is 0 Å². The van der Waals surface area contributed by atoms with E-state index in [1.165, 1.54) is 36.2 Å². The lowest BCUT2D eigenvalue weighted by Gasteiger charge is -2.34. The van der Waals surface area contributed by atoms with Crippen LogP contribution >= 0.6 is 0 Å². The molecule has 1 aliphatic rings. The summed E-state index contributed by atoms with van der Waals surface area (Å²) in [6.07, 6.45) is 2.11. The van der Waals surface area contributed by atoms with Crippen molar-refractivity contribution < 1.29 is 22.7 Å². The van der Waals surface area contributed by atoms with Gasteiger partial charge in [0.2, 0.25) is 15.9 Å². The van der Waals surface area contributed by atoms with Crippen LogP contribution in [0.2, 0.25) is 0 Å². The van der Waals surface area contributed by atoms with Crippen molar-refractivity contribution >= 4 is 15.9 Å². The Balaban J connectivity index is 1.57. The van der Waals surface area contributed by atoms with Gasteiger partial charge in [-0.2, -0.15) is 4.31 Å². The van der Waals surface area contributed by atoms with E-state index >= 15 is 0 Å². The van der Waals surface area contributed by atoms with Gasteiger partial charge in [-0.15, -0.1) is 0 Å². The number of hydrogen-bond acceptors (Lipinski definition) is 5. The highest BCUT2D eigenvalue weighted by molar-refractivity contribution is 7.89. The number of aryl methyl sites for hydroxylation is 2. The molecule has 0 aromatic heterocycles. The lowest BCUT2D eigenvalue weighted by Crippen LogP contribution is -2.50. The van der Waals surface area contributed by atoms with Gasteiger partial charge in [0.15, 0.2) is 11.5 Å². The predicted octanol–water partition coefficient (Wildman–Crippen LogP) is 2.73. The Bertz CT molecular complexity index is 997. The third kappa shape index (κ3) is 5.37. The van der Waals surface area contributed by atoms with E-state index < -0.39 is 10.0 Å². The molecule has 168 valence electrons. The summed E-state index contributed by atoms with van der Waals surface area (Å²) in [5.41, 5.74) is 2.42. The van der Waals surface area contributed by atoms with E-state index in [1.807, 2.05) is 0 Å². The fraction of sp³-hybridized carbons (Fsp3) is 0.435.